The molecule has 15 heavy (non-hydrogen) atoms. The fourth-order valence-electron chi connectivity index (χ4n) is 1.58. The molecule has 2 rings (SSSR count). The van der Waals surface area contributed by atoms with Crippen molar-refractivity contribution in [1.29, 1.82) is 0 Å². The Bertz CT molecular complexity index is 376. The summed E-state index contributed by atoms with van der Waals surface area (Å²) >= 11 is 1.68. The van der Waals surface area contributed by atoms with E-state index < -0.39 is 0 Å². The lowest BCUT2D eigenvalue weighted by Gasteiger charge is -2.00. The quantitative estimate of drug-likeness (QED) is 0.763. The highest BCUT2D eigenvalue weighted by molar-refractivity contribution is 7.15. The van der Waals surface area contributed by atoms with Crippen LogP contribution in [-0.2, 0) is 6.54 Å². The summed E-state index contributed by atoms with van der Waals surface area (Å²) in [5.74, 6) is 0. The number of hydrogen-bond donors (Lipinski definition) is 1. The molecule has 0 unspecified atom stereocenters. The van der Waals surface area contributed by atoms with Crippen LogP contribution < -0.4 is 5.32 Å². The smallest absolute Gasteiger partial charge is 0.193 e. The first kappa shape index (κ1) is 10.6. The van der Waals surface area contributed by atoms with Gasteiger partial charge < -0.3 is 5.32 Å². The van der Waals surface area contributed by atoms with Gasteiger partial charge in [-0.2, -0.15) is 0 Å². The van der Waals surface area contributed by atoms with E-state index in [1.165, 1.54) is 19.3 Å². The molecule has 82 valence electrons. The van der Waals surface area contributed by atoms with Gasteiger partial charge in [0, 0.05) is 24.3 Å². The van der Waals surface area contributed by atoms with Crippen molar-refractivity contribution in [2.24, 2.45) is 0 Å². The molecule has 0 spiro atoms. The van der Waals surface area contributed by atoms with Crippen LogP contribution in [-0.4, -0.2) is 15.9 Å². The minimum Gasteiger partial charge on any atom is -0.311 e. The highest BCUT2D eigenvalue weighted by Gasteiger charge is 2.00. The molecule has 0 amide bonds. The Morgan fingerprint density at radius 1 is 1.47 bits per heavy atom. The number of hydrogen-bond acceptors (Lipinski definition) is 3. The van der Waals surface area contributed by atoms with Crippen molar-refractivity contribution >= 4 is 16.3 Å². The minimum atomic E-state index is 0.887. The zero-order valence-corrected chi connectivity index (χ0v) is 9.89. The zero-order chi connectivity index (χ0) is 10.5. The zero-order valence-electron chi connectivity index (χ0n) is 9.07. The van der Waals surface area contributed by atoms with Gasteiger partial charge in [-0.15, -0.1) is 11.3 Å². The summed E-state index contributed by atoms with van der Waals surface area (Å²) in [5.41, 5.74) is 1.14. The second-order valence-electron chi connectivity index (χ2n) is 3.71. The van der Waals surface area contributed by atoms with Crippen molar-refractivity contribution in [3.05, 3.63) is 23.5 Å². The Morgan fingerprint density at radius 3 is 3.20 bits per heavy atom. The van der Waals surface area contributed by atoms with Gasteiger partial charge in [0.1, 0.15) is 0 Å². The Kier molecular flexibility index (Phi) is 3.75. The van der Waals surface area contributed by atoms with Crippen molar-refractivity contribution in [2.45, 2.75) is 32.7 Å². The van der Waals surface area contributed by atoms with E-state index in [0.717, 1.165) is 23.7 Å². The second-order valence-corrected chi connectivity index (χ2v) is 4.58. The minimum absolute atomic E-state index is 0.887. The van der Waals surface area contributed by atoms with E-state index in [9.17, 15) is 0 Å². The lowest BCUT2D eigenvalue weighted by molar-refractivity contribution is 0.612. The van der Waals surface area contributed by atoms with E-state index in [-0.39, 0.29) is 0 Å². The molecular weight excluding hydrogens is 206 g/mol. The number of nitrogens with zero attached hydrogens (tertiary/aromatic N) is 2. The molecule has 0 saturated heterocycles. The van der Waals surface area contributed by atoms with E-state index >= 15 is 0 Å². The summed E-state index contributed by atoms with van der Waals surface area (Å²) in [5, 5.41) is 5.47. The maximum Gasteiger partial charge on any atom is 0.193 e. The molecule has 0 atom stereocenters. The molecule has 4 heteroatoms. The lowest BCUT2D eigenvalue weighted by atomic mass is 10.2. The number of thiazole rings is 1. The van der Waals surface area contributed by atoms with Crippen LogP contribution in [0.5, 0.6) is 0 Å². The maximum atomic E-state index is 4.51. The predicted octanol–water partition coefficient (Wildman–Crippen LogP) is 2.68. The number of unbranched alkanes of at least 4 members (excludes halogenated alkanes) is 2. The molecule has 0 aliphatic heterocycles. The van der Waals surface area contributed by atoms with Gasteiger partial charge in [-0.3, -0.25) is 4.40 Å². The SMILES string of the molecule is CCCCCNCc1cn2ccsc2n1. The summed E-state index contributed by atoms with van der Waals surface area (Å²) in [4.78, 5) is 5.59. The summed E-state index contributed by atoms with van der Waals surface area (Å²) in [6.07, 6.45) is 8.00. The highest BCUT2D eigenvalue weighted by atomic mass is 32.1. The first-order valence-electron chi connectivity index (χ1n) is 5.52. The average molecular weight is 223 g/mol. The van der Waals surface area contributed by atoms with Crippen molar-refractivity contribution < 1.29 is 0 Å². The number of fused-ring (bicyclic) bond motifs is 1. The lowest BCUT2D eigenvalue weighted by Crippen LogP contribution is -2.14. The van der Waals surface area contributed by atoms with Crippen LogP contribution in [0.1, 0.15) is 31.9 Å². The Hall–Kier alpha value is -0.870. The van der Waals surface area contributed by atoms with Crippen molar-refractivity contribution in [2.75, 3.05) is 6.54 Å². The van der Waals surface area contributed by atoms with E-state index in [1.807, 2.05) is 6.20 Å². The molecule has 0 aromatic carbocycles. The fraction of sp³-hybridized carbons (Fsp3) is 0.545. The number of nitrogens with one attached hydrogen (secondary N) is 1. The van der Waals surface area contributed by atoms with Gasteiger partial charge in [-0.25, -0.2) is 4.98 Å². The Labute approximate surface area is 94.1 Å². The summed E-state index contributed by atoms with van der Waals surface area (Å²) in [6, 6.07) is 0. The highest BCUT2D eigenvalue weighted by Crippen LogP contribution is 2.10. The van der Waals surface area contributed by atoms with E-state index in [1.54, 1.807) is 11.3 Å². The van der Waals surface area contributed by atoms with Gasteiger partial charge in [0.25, 0.3) is 0 Å². The first-order valence-corrected chi connectivity index (χ1v) is 6.40. The molecule has 2 aromatic heterocycles. The summed E-state index contributed by atoms with van der Waals surface area (Å²) in [6.45, 7) is 4.21. The van der Waals surface area contributed by atoms with Crippen molar-refractivity contribution in [3.63, 3.8) is 0 Å². The summed E-state index contributed by atoms with van der Waals surface area (Å²) in [7, 11) is 0. The van der Waals surface area contributed by atoms with E-state index in [0.29, 0.717) is 0 Å². The molecule has 0 bridgehead atoms. The van der Waals surface area contributed by atoms with Crippen LogP contribution in [0.3, 0.4) is 0 Å². The van der Waals surface area contributed by atoms with E-state index in [4.69, 9.17) is 0 Å². The third-order valence-corrected chi connectivity index (χ3v) is 3.18. The topological polar surface area (TPSA) is 29.3 Å². The molecular formula is C11H17N3S. The standard InChI is InChI=1S/C11H17N3S/c1-2-3-4-5-12-8-10-9-14-6-7-15-11(14)13-10/h6-7,9,12H,2-5,8H2,1H3. The molecule has 0 aliphatic rings. The molecule has 0 fully saturated rings. The number of aromatic nitrogens is 2. The predicted molar refractivity (Wildman–Crippen MR) is 64.3 cm³/mol. The molecule has 0 radical (unpaired) electrons. The normalized spacial score (nSPS) is 11.3. The van der Waals surface area contributed by atoms with Crippen LogP contribution >= 0.6 is 11.3 Å². The van der Waals surface area contributed by atoms with Crippen LogP contribution in [0.25, 0.3) is 4.96 Å². The molecule has 2 heterocycles. The summed E-state index contributed by atoms with van der Waals surface area (Å²) < 4.78 is 2.08. The average Bonchev–Trinajstić information content (AvgIpc) is 2.77. The fourth-order valence-corrected chi connectivity index (χ4v) is 2.30. The monoisotopic (exact) mass is 223 g/mol. The Balaban J connectivity index is 1.77. The molecule has 2 aromatic rings. The van der Waals surface area contributed by atoms with Crippen LogP contribution in [0.2, 0.25) is 0 Å². The third kappa shape index (κ3) is 2.79. The largest absolute Gasteiger partial charge is 0.311 e. The van der Waals surface area contributed by atoms with Crippen LogP contribution in [0, 0.1) is 0 Å². The Morgan fingerprint density at radius 2 is 2.40 bits per heavy atom. The molecule has 0 saturated carbocycles. The van der Waals surface area contributed by atoms with Crippen LogP contribution in [0.4, 0.5) is 0 Å². The van der Waals surface area contributed by atoms with Gasteiger partial charge in [-0.05, 0) is 13.0 Å². The van der Waals surface area contributed by atoms with E-state index in [2.05, 4.69) is 33.2 Å². The third-order valence-electron chi connectivity index (χ3n) is 2.41. The van der Waals surface area contributed by atoms with Crippen molar-refractivity contribution in [3.8, 4) is 0 Å². The van der Waals surface area contributed by atoms with Crippen molar-refractivity contribution in [1.82, 2.24) is 14.7 Å². The molecule has 3 nitrogen and oxygen atoms in total. The van der Waals surface area contributed by atoms with Gasteiger partial charge in [-0.1, -0.05) is 19.8 Å². The number of imidazole rings is 1. The van der Waals surface area contributed by atoms with Gasteiger partial charge >= 0.3 is 0 Å². The molecule has 1 N–H and O–H groups in total. The maximum absolute atomic E-state index is 4.51. The van der Waals surface area contributed by atoms with Gasteiger partial charge in [0.05, 0.1) is 5.69 Å². The van der Waals surface area contributed by atoms with Crippen LogP contribution in [0.15, 0.2) is 17.8 Å². The van der Waals surface area contributed by atoms with Gasteiger partial charge in [0.15, 0.2) is 4.96 Å². The molecule has 0 aliphatic carbocycles. The number of rotatable bonds is 6. The second kappa shape index (κ2) is 5.28. The first-order chi connectivity index (χ1) is 7.40. The van der Waals surface area contributed by atoms with Gasteiger partial charge in [0.2, 0.25) is 0 Å².